The smallest absolute Gasteiger partial charge is 0.419 e. The third kappa shape index (κ3) is 2.25. The summed E-state index contributed by atoms with van der Waals surface area (Å²) in [6.07, 6.45) is 1.24. The maximum atomic E-state index is 11.5. The lowest BCUT2D eigenvalue weighted by atomic mass is 9.87. The summed E-state index contributed by atoms with van der Waals surface area (Å²) in [5, 5.41) is 19.7. The molecule has 3 atom stereocenters. The molecule has 1 aliphatic rings. The average Bonchev–Trinajstić information content (AvgIpc) is 3.04. The molecule has 0 saturated heterocycles. The van der Waals surface area contributed by atoms with Crippen molar-refractivity contribution in [1.29, 1.82) is 0 Å². The first-order valence-corrected chi connectivity index (χ1v) is 6.99. The normalized spacial score (nSPS) is 23.5. The zero-order valence-electron chi connectivity index (χ0n) is 11.7. The quantitative estimate of drug-likeness (QED) is 0.897. The first kappa shape index (κ1) is 13.9. The van der Waals surface area contributed by atoms with E-state index in [-0.39, 0.29) is 5.92 Å². The highest BCUT2D eigenvalue weighted by atomic mass is 16.4. The number of oxazole rings is 1. The molecule has 2 N–H and O–H groups in total. The van der Waals surface area contributed by atoms with E-state index in [4.69, 9.17) is 4.42 Å². The number of aliphatic hydroxyl groups excluding tert-OH is 1. The lowest BCUT2D eigenvalue weighted by molar-refractivity contribution is -0.144. The van der Waals surface area contributed by atoms with E-state index in [0.29, 0.717) is 29.5 Å². The second kappa shape index (κ2) is 5.04. The molecule has 1 fully saturated rings. The van der Waals surface area contributed by atoms with Gasteiger partial charge < -0.3 is 14.6 Å². The van der Waals surface area contributed by atoms with Crippen molar-refractivity contribution in [1.82, 2.24) is 4.57 Å². The Hall–Kier alpha value is -2.08. The van der Waals surface area contributed by atoms with Gasteiger partial charge in [-0.3, -0.25) is 9.36 Å². The first-order chi connectivity index (χ1) is 9.99. The van der Waals surface area contributed by atoms with Crippen LogP contribution in [-0.4, -0.2) is 20.7 Å². The molecule has 6 nitrogen and oxygen atoms in total. The molecular weight excluding hydrogens is 274 g/mol. The first-order valence-electron chi connectivity index (χ1n) is 6.99. The number of carboxylic acids is 1. The lowest BCUT2D eigenvalue weighted by Crippen LogP contribution is -2.23. The summed E-state index contributed by atoms with van der Waals surface area (Å²) in [5.74, 6) is -2.13. The van der Waals surface area contributed by atoms with Crippen molar-refractivity contribution in [3.8, 4) is 0 Å². The van der Waals surface area contributed by atoms with E-state index in [0.717, 1.165) is 6.42 Å². The standard InChI is InChI=1S/C15H17NO5/c1-16-11-6-5-8(7-12(11)21-15(16)20)13(17)9-3-2-4-10(9)14(18)19/h5-7,9-10,13,17H,2-4H2,1H3,(H,18,19). The van der Waals surface area contributed by atoms with Crippen LogP contribution in [0.2, 0.25) is 0 Å². The Labute approximate surface area is 120 Å². The molecule has 1 saturated carbocycles. The van der Waals surface area contributed by atoms with Crippen molar-refractivity contribution in [3.63, 3.8) is 0 Å². The number of nitrogens with zero attached hydrogens (tertiary/aromatic N) is 1. The predicted octanol–water partition coefficient (Wildman–Crippen LogP) is 1.67. The van der Waals surface area contributed by atoms with Crippen LogP contribution in [-0.2, 0) is 11.8 Å². The monoisotopic (exact) mass is 291 g/mol. The second-order valence-corrected chi connectivity index (χ2v) is 5.64. The number of aromatic nitrogens is 1. The van der Waals surface area contributed by atoms with Gasteiger partial charge in [-0.1, -0.05) is 12.5 Å². The van der Waals surface area contributed by atoms with E-state index in [1.165, 1.54) is 4.57 Å². The highest BCUT2D eigenvalue weighted by Crippen LogP contribution is 2.40. The number of aliphatic hydroxyl groups is 1. The number of hydrogen-bond donors (Lipinski definition) is 2. The average molecular weight is 291 g/mol. The third-order valence-corrected chi connectivity index (χ3v) is 4.45. The molecule has 2 aromatic rings. The van der Waals surface area contributed by atoms with Gasteiger partial charge in [-0.15, -0.1) is 0 Å². The fourth-order valence-corrected chi connectivity index (χ4v) is 3.25. The minimum absolute atomic E-state index is 0.296. The highest BCUT2D eigenvalue weighted by Gasteiger charge is 2.38. The van der Waals surface area contributed by atoms with Crippen molar-refractivity contribution in [3.05, 3.63) is 34.3 Å². The van der Waals surface area contributed by atoms with Gasteiger partial charge in [-0.25, -0.2) is 4.79 Å². The molecule has 6 heteroatoms. The third-order valence-electron chi connectivity index (χ3n) is 4.45. The zero-order chi connectivity index (χ0) is 15.1. The van der Waals surface area contributed by atoms with E-state index in [9.17, 15) is 19.8 Å². The Morgan fingerprint density at radius 2 is 2.19 bits per heavy atom. The fourth-order valence-electron chi connectivity index (χ4n) is 3.25. The van der Waals surface area contributed by atoms with Crippen LogP contribution in [0.4, 0.5) is 0 Å². The summed E-state index contributed by atoms with van der Waals surface area (Å²) in [4.78, 5) is 22.7. The van der Waals surface area contributed by atoms with Gasteiger partial charge in [0.05, 0.1) is 17.5 Å². The molecule has 1 aliphatic carbocycles. The molecule has 0 radical (unpaired) electrons. The second-order valence-electron chi connectivity index (χ2n) is 5.64. The van der Waals surface area contributed by atoms with Gasteiger partial charge in [-0.05, 0) is 30.5 Å². The van der Waals surface area contributed by atoms with Crippen molar-refractivity contribution in [2.24, 2.45) is 18.9 Å². The van der Waals surface area contributed by atoms with E-state index >= 15 is 0 Å². The molecule has 0 bridgehead atoms. The van der Waals surface area contributed by atoms with E-state index in [1.807, 2.05) is 0 Å². The maximum absolute atomic E-state index is 11.5. The largest absolute Gasteiger partial charge is 0.481 e. The van der Waals surface area contributed by atoms with Gasteiger partial charge in [0, 0.05) is 13.0 Å². The van der Waals surface area contributed by atoms with Crippen LogP contribution in [0.3, 0.4) is 0 Å². The summed E-state index contributed by atoms with van der Waals surface area (Å²) >= 11 is 0. The summed E-state index contributed by atoms with van der Waals surface area (Å²) < 4.78 is 6.50. The van der Waals surface area contributed by atoms with Crippen molar-refractivity contribution in [2.45, 2.75) is 25.4 Å². The Balaban J connectivity index is 1.96. The molecule has 1 aromatic heterocycles. The fraction of sp³-hybridized carbons (Fsp3) is 0.467. The SMILES string of the molecule is Cn1c(=O)oc2cc(C(O)C3CCCC3C(=O)O)ccc21. The van der Waals surface area contributed by atoms with Gasteiger partial charge in [0.25, 0.3) is 0 Å². The Morgan fingerprint density at radius 3 is 2.90 bits per heavy atom. The molecule has 3 rings (SSSR count). The van der Waals surface area contributed by atoms with Gasteiger partial charge in [0.15, 0.2) is 5.58 Å². The molecule has 3 unspecified atom stereocenters. The number of fused-ring (bicyclic) bond motifs is 1. The molecule has 1 heterocycles. The molecule has 1 aromatic carbocycles. The minimum Gasteiger partial charge on any atom is -0.481 e. The summed E-state index contributed by atoms with van der Waals surface area (Å²) in [5.41, 5.74) is 1.65. The Kier molecular flexibility index (Phi) is 3.33. The van der Waals surface area contributed by atoms with Gasteiger partial charge in [0.1, 0.15) is 0 Å². The van der Waals surface area contributed by atoms with E-state index in [2.05, 4.69) is 0 Å². The number of hydrogen-bond acceptors (Lipinski definition) is 4. The summed E-state index contributed by atoms with van der Waals surface area (Å²) in [7, 11) is 1.61. The zero-order valence-corrected chi connectivity index (χ0v) is 11.7. The molecular formula is C15H17NO5. The Bertz CT molecular complexity index is 744. The Morgan fingerprint density at radius 1 is 1.43 bits per heavy atom. The molecule has 0 aliphatic heterocycles. The van der Waals surface area contributed by atoms with Crippen LogP contribution in [0.5, 0.6) is 0 Å². The van der Waals surface area contributed by atoms with Crippen LogP contribution < -0.4 is 5.76 Å². The predicted molar refractivity (Wildman–Crippen MR) is 74.9 cm³/mol. The minimum atomic E-state index is -0.858. The van der Waals surface area contributed by atoms with Gasteiger partial charge in [0.2, 0.25) is 0 Å². The highest BCUT2D eigenvalue weighted by molar-refractivity contribution is 5.74. The van der Waals surface area contributed by atoms with Crippen LogP contribution in [0.25, 0.3) is 11.1 Å². The lowest BCUT2D eigenvalue weighted by Gasteiger charge is -2.22. The van der Waals surface area contributed by atoms with Gasteiger partial charge >= 0.3 is 11.7 Å². The number of rotatable bonds is 3. The van der Waals surface area contributed by atoms with Gasteiger partial charge in [-0.2, -0.15) is 0 Å². The summed E-state index contributed by atoms with van der Waals surface area (Å²) in [6, 6.07) is 5.06. The van der Waals surface area contributed by atoms with Crippen LogP contribution in [0.1, 0.15) is 30.9 Å². The van der Waals surface area contributed by atoms with Crippen molar-refractivity contribution < 1.29 is 19.4 Å². The summed E-state index contributed by atoms with van der Waals surface area (Å²) in [6.45, 7) is 0. The number of aryl methyl sites for hydroxylation is 1. The molecule has 0 spiro atoms. The number of benzene rings is 1. The molecule has 112 valence electrons. The van der Waals surface area contributed by atoms with Crippen LogP contribution in [0.15, 0.2) is 27.4 Å². The van der Waals surface area contributed by atoms with E-state index in [1.54, 1.807) is 25.2 Å². The van der Waals surface area contributed by atoms with Crippen LogP contribution in [0, 0.1) is 11.8 Å². The maximum Gasteiger partial charge on any atom is 0.419 e. The molecule has 21 heavy (non-hydrogen) atoms. The number of carboxylic acid groups (broad SMARTS) is 1. The topological polar surface area (TPSA) is 92.7 Å². The van der Waals surface area contributed by atoms with Crippen molar-refractivity contribution in [2.75, 3.05) is 0 Å². The number of carbonyl (C=O) groups is 1. The molecule has 0 amide bonds. The number of aliphatic carboxylic acids is 1. The van der Waals surface area contributed by atoms with Crippen molar-refractivity contribution >= 4 is 17.1 Å². The van der Waals surface area contributed by atoms with Crippen LogP contribution >= 0.6 is 0 Å². The van der Waals surface area contributed by atoms with E-state index < -0.39 is 23.7 Å².